The maximum atomic E-state index is 10.2. The summed E-state index contributed by atoms with van der Waals surface area (Å²) in [5.74, 6) is 1.70. The summed E-state index contributed by atoms with van der Waals surface area (Å²) in [5.41, 5.74) is 3.55. The van der Waals surface area contributed by atoms with E-state index in [0.29, 0.717) is 12.6 Å². The largest absolute Gasteiger partial charge is 0.490 e. The molecule has 1 saturated carbocycles. The highest BCUT2D eigenvalue weighted by Crippen LogP contribution is 2.25. The van der Waals surface area contributed by atoms with Crippen molar-refractivity contribution < 1.29 is 15.2 Å². The van der Waals surface area contributed by atoms with Gasteiger partial charge in [0.15, 0.2) is 0 Å². The maximum absolute atomic E-state index is 10.2. The first-order valence-corrected chi connectivity index (χ1v) is 8.70. The first-order valence-electron chi connectivity index (χ1n) is 8.70. The van der Waals surface area contributed by atoms with Crippen LogP contribution in [0.5, 0.6) is 5.75 Å². The second-order valence-corrected chi connectivity index (χ2v) is 7.02. The van der Waals surface area contributed by atoms with Crippen molar-refractivity contribution in [2.24, 2.45) is 5.92 Å². The smallest absolute Gasteiger partial charge is 0.137 e. The van der Waals surface area contributed by atoms with Crippen molar-refractivity contribution in [3.63, 3.8) is 0 Å². The molecule has 3 atom stereocenters. The van der Waals surface area contributed by atoms with Crippen LogP contribution in [-0.2, 0) is 0 Å². The molecule has 3 N–H and O–H groups in total. The molecule has 0 aromatic heterocycles. The number of quaternary nitrogens is 1. The van der Waals surface area contributed by atoms with Crippen molar-refractivity contribution in [1.82, 2.24) is 0 Å². The van der Waals surface area contributed by atoms with Crippen molar-refractivity contribution >= 4 is 0 Å². The van der Waals surface area contributed by atoms with Crippen LogP contribution in [0.2, 0.25) is 0 Å². The Bertz CT molecular complexity index is 487. The highest BCUT2D eigenvalue weighted by Gasteiger charge is 2.24. The lowest BCUT2D eigenvalue weighted by molar-refractivity contribution is -0.703. The predicted molar refractivity (Wildman–Crippen MR) is 90.4 cm³/mol. The third-order valence-electron chi connectivity index (χ3n) is 5.18. The Morgan fingerprint density at radius 2 is 1.86 bits per heavy atom. The Hall–Kier alpha value is -1.06. The average Bonchev–Trinajstić information content (AvgIpc) is 2.50. The van der Waals surface area contributed by atoms with Gasteiger partial charge in [-0.05, 0) is 56.7 Å². The van der Waals surface area contributed by atoms with Gasteiger partial charge in [-0.2, -0.15) is 0 Å². The molecule has 0 bridgehead atoms. The van der Waals surface area contributed by atoms with Crippen molar-refractivity contribution in [3.05, 3.63) is 28.8 Å². The van der Waals surface area contributed by atoms with Gasteiger partial charge in [0.05, 0.1) is 6.04 Å². The fourth-order valence-electron chi connectivity index (χ4n) is 3.42. The normalized spacial score (nSPS) is 23.3. The molecule has 0 spiro atoms. The molecule has 1 aromatic carbocycles. The molecule has 3 heteroatoms. The van der Waals surface area contributed by atoms with Gasteiger partial charge in [0, 0.05) is 5.92 Å². The zero-order chi connectivity index (χ0) is 16.1. The summed E-state index contributed by atoms with van der Waals surface area (Å²) in [6, 6.07) is 4.87. The molecule has 0 unspecified atom stereocenters. The molecular formula is C19H32NO2+. The van der Waals surface area contributed by atoms with E-state index in [1.54, 1.807) is 0 Å². The van der Waals surface area contributed by atoms with E-state index >= 15 is 0 Å². The number of benzene rings is 1. The van der Waals surface area contributed by atoms with E-state index in [-0.39, 0.29) is 0 Å². The molecule has 3 nitrogen and oxygen atoms in total. The lowest BCUT2D eigenvalue weighted by atomic mass is 9.86. The molecule has 22 heavy (non-hydrogen) atoms. The number of ether oxygens (including phenoxy) is 1. The topological polar surface area (TPSA) is 46.1 Å². The van der Waals surface area contributed by atoms with Crippen LogP contribution in [-0.4, -0.2) is 30.4 Å². The maximum Gasteiger partial charge on any atom is 0.137 e. The van der Waals surface area contributed by atoms with Gasteiger partial charge >= 0.3 is 0 Å². The van der Waals surface area contributed by atoms with Crippen LogP contribution in [0, 0.1) is 26.7 Å². The van der Waals surface area contributed by atoms with E-state index in [0.717, 1.165) is 23.8 Å². The Balaban J connectivity index is 1.80. The van der Waals surface area contributed by atoms with Crippen LogP contribution in [0.15, 0.2) is 12.1 Å². The van der Waals surface area contributed by atoms with Gasteiger partial charge in [0.1, 0.15) is 25.0 Å². The van der Waals surface area contributed by atoms with E-state index in [4.69, 9.17) is 4.74 Å². The second kappa shape index (κ2) is 7.98. The number of aliphatic hydroxyl groups excluding tert-OH is 1. The third-order valence-corrected chi connectivity index (χ3v) is 5.18. The quantitative estimate of drug-likeness (QED) is 0.848. The molecule has 1 aromatic rings. The second-order valence-electron chi connectivity index (χ2n) is 7.02. The van der Waals surface area contributed by atoms with Crippen molar-refractivity contribution in [1.29, 1.82) is 0 Å². The van der Waals surface area contributed by atoms with Gasteiger partial charge in [0.2, 0.25) is 0 Å². The minimum atomic E-state index is -0.409. The molecule has 0 amide bonds. The summed E-state index contributed by atoms with van der Waals surface area (Å²) in [4.78, 5) is 0. The summed E-state index contributed by atoms with van der Waals surface area (Å²) in [5, 5.41) is 12.5. The van der Waals surface area contributed by atoms with Crippen LogP contribution in [0.1, 0.15) is 49.3 Å². The zero-order valence-corrected chi connectivity index (χ0v) is 14.6. The number of rotatable bonds is 6. The molecule has 0 heterocycles. The molecule has 0 radical (unpaired) electrons. The van der Waals surface area contributed by atoms with Crippen LogP contribution in [0.25, 0.3) is 0 Å². The third kappa shape index (κ3) is 4.47. The van der Waals surface area contributed by atoms with Gasteiger partial charge < -0.3 is 15.2 Å². The van der Waals surface area contributed by atoms with Crippen LogP contribution in [0.4, 0.5) is 0 Å². The molecule has 1 aliphatic carbocycles. The van der Waals surface area contributed by atoms with Crippen LogP contribution in [0.3, 0.4) is 0 Å². The van der Waals surface area contributed by atoms with Gasteiger partial charge in [-0.25, -0.2) is 0 Å². The van der Waals surface area contributed by atoms with Crippen molar-refractivity contribution in [2.75, 3.05) is 13.2 Å². The van der Waals surface area contributed by atoms with E-state index in [2.05, 4.69) is 45.1 Å². The Morgan fingerprint density at radius 1 is 1.18 bits per heavy atom. The Morgan fingerprint density at radius 3 is 2.59 bits per heavy atom. The number of aryl methyl sites for hydroxylation is 2. The summed E-state index contributed by atoms with van der Waals surface area (Å²) < 4.78 is 5.91. The van der Waals surface area contributed by atoms with E-state index in [1.165, 1.54) is 36.8 Å². The standard InChI is InChI=1S/C19H31NO2/c1-13-9-10-15(3)19(16(13)4)22-12-17(21)11-20-18-8-6-5-7-14(18)2/h9-10,14,17-18,20-21H,5-8,11-12H2,1-4H3/p+1/t14-,17-,18+/m0/s1. The lowest BCUT2D eigenvalue weighted by Crippen LogP contribution is -2.93. The van der Waals surface area contributed by atoms with Gasteiger partial charge in [0.25, 0.3) is 0 Å². The fourth-order valence-corrected chi connectivity index (χ4v) is 3.42. The summed E-state index contributed by atoms with van der Waals surface area (Å²) in [6.07, 6.45) is 4.90. The summed E-state index contributed by atoms with van der Waals surface area (Å²) in [6.45, 7) is 9.69. The molecule has 0 saturated heterocycles. The lowest BCUT2D eigenvalue weighted by Gasteiger charge is -2.27. The van der Waals surface area contributed by atoms with Gasteiger partial charge in [-0.1, -0.05) is 25.5 Å². The molecule has 124 valence electrons. The number of hydrogen-bond acceptors (Lipinski definition) is 2. The van der Waals surface area contributed by atoms with Crippen molar-refractivity contribution in [2.45, 2.75) is 65.5 Å². The molecule has 1 fully saturated rings. The zero-order valence-electron chi connectivity index (χ0n) is 14.6. The molecular weight excluding hydrogens is 274 g/mol. The highest BCUT2D eigenvalue weighted by atomic mass is 16.5. The van der Waals surface area contributed by atoms with Gasteiger partial charge in [-0.3, -0.25) is 0 Å². The van der Waals surface area contributed by atoms with Gasteiger partial charge in [-0.15, -0.1) is 0 Å². The average molecular weight is 306 g/mol. The van der Waals surface area contributed by atoms with Crippen LogP contribution >= 0.6 is 0 Å². The molecule has 1 aliphatic rings. The first-order chi connectivity index (χ1) is 10.5. The Labute approximate surface area is 135 Å². The molecule has 0 aliphatic heterocycles. The van der Waals surface area contributed by atoms with E-state index in [9.17, 15) is 5.11 Å². The first kappa shape index (κ1) is 17.3. The minimum absolute atomic E-state index is 0.378. The summed E-state index contributed by atoms with van der Waals surface area (Å²) >= 11 is 0. The number of hydrogen-bond donors (Lipinski definition) is 2. The van der Waals surface area contributed by atoms with Crippen molar-refractivity contribution in [3.8, 4) is 5.75 Å². The SMILES string of the molecule is Cc1ccc(C)c(OC[C@@H](O)C[NH2+][C@@H]2CCCC[C@@H]2C)c1C. The number of aliphatic hydroxyl groups is 1. The predicted octanol–water partition coefficient (Wildman–Crippen LogP) is 2.49. The molecule has 2 rings (SSSR count). The summed E-state index contributed by atoms with van der Waals surface area (Å²) in [7, 11) is 0. The fraction of sp³-hybridized carbons (Fsp3) is 0.684. The Kier molecular flexibility index (Phi) is 6.27. The van der Waals surface area contributed by atoms with Crippen LogP contribution < -0.4 is 10.1 Å². The minimum Gasteiger partial charge on any atom is -0.490 e. The highest BCUT2D eigenvalue weighted by molar-refractivity contribution is 5.44. The number of nitrogens with two attached hydrogens (primary N) is 1. The van der Waals surface area contributed by atoms with E-state index < -0.39 is 6.10 Å². The van der Waals surface area contributed by atoms with E-state index in [1.807, 2.05) is 0 Å². The monoisotopic (exact) mass is 306 g/mol.